The summed E-state index contributed by atoms with van der Waals surface area (Å²) in [7, 11) is 0. The van der Waals surface area contributed by atoms with Gasteiger partial charge in [0.2, 0.25) is 0 Å². The lowest BCUT2D eigenvalue weighted by Gasteiger charge is -2.31. The minimum Gasteiger partial charge on any atom is -0.365 e. The van der Waals surface area contributed by atoms with Gasteiger partial charge in [0, 0.05) is 12.8 Å². The van der Waals surface area contributed by atoms with Gasteiger partial charge in [0.25, 0.3) is 0 Å². The summed E-state index contributed by atoms with van der Waals surface area (Å²) >= 11 is 0. The summed E-state index contributed by atoms with van der Waals surface area (Å²) in [5.41, 5.74) is 0.0957. The van der Waals surface area contributed by atoms with E-state index in [2.05, 4.69) is 0 Å². The fourth-order valence-corrected chi connectivity index (χ4v) is 5.28. The van der Waals surface area contributed by atoms with Gasteiger partial charge in [0.1, 0.15) is 0 Å². The molecule has 4 fully saturated rings. The van der Waals surface area contributed by atoms with E-state index in [0.717, 1.165) is 24.7 Å². The van der Waals surface area contributed by atoms with Crippen molar-refractivity contribution in [3.8, 4) is 0 Å². The fourth-order valence-electron chi connectivity index (χ4n) is 5.28. The van der Waals surface area contributed by atoms with E-state index < -0.39 is 5.79 Å². The van der Waals surface area contributed by atoms with Crippen molar-refractivity contribution < 1.29 is 9.84 Å². The van der Waals surface area contributed by atoms with Gasteiger partial charge in [-0.1, -0.05) is 19.3 Å². The van der Waals surface area contributed by atoms with Crippen molar-refractivity contribution in [2.24, 2.45) is 17.8 Å². The van der Waals surface area contributed by atoms with Gasteiger partial charge < -0.3 is 9.84 Å². The van der Waals surface area contributed by atoms with Crippen molar-refractivity contribution in [1.82, 2.24) is 0 Å². The van der Waals surface area contributed by atoms with Crippen LogP contribution in [-0.4, -0.2) is 16.5 Å². The maximum Gasteiger partial charge on any atom is 0.166 e. The summed E-state index contributed by atoms with van der Waals surface area (Å²) in [6.07, 6.45) is 11.0. The van der Waals surface area contributed by atoms with Gasteiger partial charge in [-0.3, -0.25) is 0 Å². The quantitative estimate of drug-likeness (QED) is 0.683. The van der Waals surface area contributed by atoms with Gasteiger partial charge in [0.15, 0.2) is 5.79 Å². The molecule has 0 radical (unpaired) electrons. The average Bonchev–Trinajstić information content (AvgIpc) is 2.78. The van der Waals surface area contributed by atoms with Gasteiger partial charge in [-0.25, -0.2) is 0 Å². The van der Waals surface area contributed by atoms with E-state index >= 15 is 0 Å². The molecule has 16 heavy (non-hydrogen) atoms. The van der Waals surface area contributed by atoms with Crippen LogP contribution in [-0.2, 0) is 4.74 Å². The first-order valence-electron chi connectivity index (χ1n) is 7.12. The highest BCUT2D eigenvalue weighted by Gasteiger charge is 2.61. The van der Waals surface area contributed by atoms with E-state index in [4.69, 9.17) is 4.74 Å². The van der Waals surface area contributed by atoms with Crippen LogP contribution < -0.4 is 0 Å². The Morgan fingerprint density at radius 2 is 1.75 bits per heavy atom. The van der Waals surface area contributed by atoms with Crippen LogP contribution in [0.2, 0.25) is 0 Å². The fraction of sp³-hybridized carbons (Fsp3) is 1.00. The van der Waals surface area contributed by atoms with Crippen LogP contribution in [0.3, 0.4) is 0 Å². The lowest BCUT2D eigenvalue weighted by atomic mass is 9.74. The third-order valence-corrected chi connectivity index (χ3v) is 5.86. The minimum absolute atomic E-state index is 0.0957. The molecule has 0 aromatic heterocycles. The standard InChI is InChI=1S/C14H22O2/c15-14-8-11-4-1-3-10(11)7-13(16-14)6-2-5-12(13)9-14/h10-12,15H,1-9H2/t10-,11+,12-,13+,14-/m0/s1. The van der Waals surface area contributed by atoms with Crippen LogP contribution in [0.25, 0.3) is 0 Å². The van der Waals surface area contributed by atoms with Crippen molar-refractivity contribution in [3.63, 3.8) is 0 Å². The topological polar surface area (TPSA) is 29.5 Å². The molecule has 0 aromatic rings. The van der Waals surface area contributed by atoms with E-state index in [0.29, 0.717) is 5.92 Å². The number of ether oxygens (including phenoxy) is 1. The molecule has 2 bridgehead atoms. The first-order valence-corrected chi connectivity index (χ1v) is 7.12. The summed E-state index contributed by atoms with van der Waals surface area (Å²) in [5, 5.41) is 10.6. The average molecular weight is 222 g/mol. The normalized spacial score (nSPS) is 59.4. The summed E-state index contributed by atoms with van der Waals surface area (Å²) in [4.78, 5) is 0. The summed E-state index contributed by atoms with van der Waals surface area (Å²) in [5.74, 6) is 1.54. The molecule has 2 aliphatic heterocycles. The Labute approximate surface area is 97.4 Å². The Balaban J connectivity index is 1.72. The molecule has 90 valence electrons. The van der Waals surface area contributed by atoms with E-state index in [-0.39, 0.29) is 5.60 Å². The predicted octanol–water partition coefficient (Wildman–Crippen LogP) is 2.84. The lowest BCUT2D eigenvalue weighted by Crippen LogP contribution is -2.34. The Bertz CT molecular complexity index is 316. The van der Waals surface area contributed by atoms with Crippen LogP contribution in [0.4, 0.5) is 0 Å². The van der Waals surface area contributed by atoms with Gasteiger partial charge in [0.05, 0.1) is 5.60 Å². The zero-order valence-corrected chi connectivity index (χ0v) is 9.95. The van der Waals surface area contributed by atoms with Crippen LogP contribution in [0, 0.1) is 17.8 Å². The smallest absolute Gasteiger partial charge is 0.166 e. The number of hydrogen-bond donors (Lipinski definition) is 1. The second-order valence-electron chi connectivity index (χ2n) is 6.77. The zero-order chi connectivity index (χ0) is 10.8. The minimum atomic E-state index is -0.741. The summed E-state index contributed by atoms with van der Waals surface area (Å²) < 4.78 is 6.21. The molecule has 4 aliphatic rings. The number of hydrogen-bond acceptors (Lipinski definition) is 2. The molecule has 2 aliphatic carbocycles. The molecule has 2 saturated heterocycles. The van der Waals surface area contributed by atoms with Gasteiger partial charge >= 0.3 is 0 Å². The van der Waals surface area contributed by atoms with E-state index in [1.54, 1.807) is 0 Å². The second-order valence-corrected chi connectivity index (χ2v) is 6.77. The molecule has 0 amide bonds. The zero-order valence-electron chi connectivity index (χ0n) is 9.95. The molecule has 2 nitrogen and oxygen atoms in total. The van der Waals surface area contributed by atoms with Crippen molar-refractivity contribution in [1.29, 1.82) is 0 Å². The molecule has 1 spiro atoms. The van der Waals surface area contributed by atoms with Crippen LogP contribution in [0.15, 0.2) is 0 Å². The molecule has 1 N–H and O–H groups in total. The maximum atomic E-state index is 10.6. The summed E-state index contributed by atoms with van der Waals surface area (Å²) in [6.45, 7) is 0. The largest absolute Gasteiger partial charge is 0.365 e. The molecular formula is C14H22O2. The predicted molar refractivity (Wildman–Crippen MR) is 60.8 cm³/mol. The number of aliphatic hydroxyl groups is 1. The van der Waals surface area contributed by atoms with Crippen molar-refractivity contribution >= 4 is 0 Å². The Morgan fingerprint density at radius 3 is 2.62 bits per heavy atom. The van der Waals surface area contributed by atoms with Crippen molar-refractivity contribution in [2.45, 2.75) is 69.2 Å². The van der Waals surface area contributed by atoms with Crippen LogP contribution in [0.5, 0.6) is 0 Å². The van der Waals surface area contributed by atoms with Gasteiger partial charge in [-0.05, 0) is 43.4 Å². The Morgan fingerprint density at radius 1 is 0.938 bits per heavy atom. The first-order chi connectivity index (χ1) is 7.69. The van der Waals surface area contributed by atoms with E-state index in [9.17, 15) is 5.11 Å². The van der Waals surface area contributed by atoms with Crippen LogP contribution in [0.1, 0.15) is 57.8 Å². The molecule has 5 atom stereocenters. The SMILES string of the molecule is O[C@]12C[C@H]3CCC[C@H]3C[C@@]3(CCC[C@H]3C1)O2. The summed E-state index contributed by atoms with van der Waals surface area (Å²) in [6, 6.07) is 0. The lowest BCUT2D eigenvalue weighted by molar-refractivity contribution is -0.224. The highest BCUT2D eigenvalue weighted by Crippen LogP contribution is 2.60. The third kappa shape index (κ3) is 1.20. The third-order valence-electron chi connectivity index (χ3n) is 5.86. The highest BCUT2D eigenvalue weighted by molar-refractivity contribution is 5.07. The molecule has 2 heterocycles. The highest BCUT2D eigenvalue weighted by atomic mass is 16.6. The molecule has 2 saturated carbocycles. The monoisotopic (exact) mass is 222 g/mol. The Hall–Kier alpha value is -0.0800. The second kappa shape index (κ2) is 3.02. The van der Waals surface area contributed by atoms with E-state index in [1.165, 1.54) is 44.9 Å². The molecule has 0 unspecified atom stereocenters. The molecule has 2 heteroatoms. The van der Waals surface area contributed by atoms with Crippen LogP contribution >= 0.6 is 0 Å². The van der Waals surface area contributed by atoms with Gasteiger partial charge in [-0.15, -0.1) is 0 Å². The molecule has 0 aromatic carbocycles. The molecular weight excluding hydrogens is 200 g/mol. The van der Waals surface area contributed by atoms with Crippen molar-refractivity contribution in [3.05, 3.63) is 0 Å². The van der Waals surface area contributed by atoms with E-state index in [1.807, 2.05) is 0 Å². The van der Waals surface area contributed by atoms with Crippen molar-refractivity contribution in [2.75, 3.05) is 0 Å². The Kier molecular flexibility index (Phi) is 1.87. The maximum absolute atomic E-state index is 10.6. The number of rotatable bonds is 0. The number of fused-ring (bicyclic) bond motifs is 2. The molecule has 4 rings (SSSR count). The van der Waals surface area contributed by atoms with Gasteiger partial charge in [-0.2, -0.15) is 0 Å². The first kappa shape index (κ1) is 9.90.